The number of aryl methyl sites for hydroxylation is 1. The predicted octanol–water partition coefficient (Wildman–Crippen LogP) is 3.71. The number of hydrogen-bond acceptors (Lipinski definition) is 8. The Labute approximate surface area is 213 Å². The molecule has 1 N–H and O–H groups in total. The van der Waals surface area contributed by atoms with E-state index in [1.165, 1.54) is 28.4 Å². The van der Waals surface area contributed by atoms with Crippen molar-refractivity contribution in [2.75, 3.05) is 19.7 Å². The van der Waals surface area contributed by atoms with E-state index >= 15 is 0 Å². The Morgan fingerprint density at radius 1 is 1.39 bits per heavy atom. The fourth-order valence-electron chi connectivity index (χ4n) is 3.56. The Morgan fingerprint density at radius 3 is 2.75 bits per heavy atom. The topological polar surface area (TPSA) is 128 Å². The van der Waals surface area contributed by atoms with E-state index in [1.54, 1.807) is 33.8 Å². The number of rotatable bonds is 5. The van der Waals surface area contributed by atoms with Crippen molar-refractivity contribution in [2.45, 2.75) is 58.3 Å². The van der Waals surface area contributed by atoms with Crippen LogP contribution in [0, 0.1) is 35.4 Å². The van der Waals surface area contributed by atoms with Crippen LogP contribution in [0.1, 0.15) is 43.3 Å². The fraction of sp³-hybridized carbons (Fsp3) is 0.480. The summed E-state index contributed by atoms with van der Waals surface area (Å²) in [6.45, 7) is 7.63. The van der Waals surface area contributed by atoms with E-state index < -0.39 is 35.6 Å². The molecule has 190 valence electrons. The van der Waals surface area contributed by atoms with Gasteiger partial charge in [0.2, 0.25) is 0 Å². The van der Waals surface area contributed by atoms with Crippen LogP contribution in [0.25, 0.3) is 10.6 Å². The van der Waals surface area contributed by atoms with Gasteiger partial charge in [0.1, 0.15) is 33.4 Å². The highest BCUT2D eigenvalue weighted by Crippen LogP contribution is 2.29. The number of halogens is 1. The van der Waals surface area contributed by atoms with E-state index in [0.29, 0.717) is 34.1 Å². The third-order valence-electron chi connectivity index (χ3n) is 5.32. The van der Waals surface area contributed by atoms with Gasteiger partial charge in [-0.1, -0.05) is 12.1 Å². The first-order chi connectivity index (χ1) is 17.0. The van der Waals surface area contributed by atoms with Gasteiger partial charge in [-0.2, -0.15) is 10.5 Å². The molecule has 1 unspecified atom stereocenters. The summed E-state index contributed by atoms with van der Waals surface area (Å²) in [4.78, 5) is 31.5. The van der Waals surface area contributed by atoms with E-state index in [2.05, 4.69) is 16.4 Å². The van der Waals surface area contributed by atoms with Crippen molar-refractivity contribution in [1.82, 2.24) is 15.2 Å². The number of nitriles is 2. The summed E-state index contributed by atoms with van der Waals surface area (Å²) in [6.07, 6.45) is -1.04. The lowest BCUT2D eigenvalue weighted by molar-refractivity contribution is -0.133. The van der Waals surface area contributed by atoms with Crippen LogP contribution in [0.15, 0.2) is 18.2 Å². The van der Waals surface area contributed by atoms with Gasteiger partial charge in [0.15, 0.2) is 6.10 Å². The molecule has 11 heteroatoms. The molecule has 1 aromatic carbocycles. The van der Waals surface area contributed by atoms with Crippen molar-refractivity contribution in [3.63, 3.8) is 0 Å². The molecule has 0 bridgehead atoms. The van der Waals surface area contributed by atoms with Crippen LogP contribution in [-0.4, -0.2) is 59.3 Å². The van der Waals surface area contributed by atoms with Crippen molar-refractivity contribution in [3.05, 3.63) is 40.2 Å². The average molecular weight is 514 g/mol. The van der Waals surface area contributed by atoms with Gasteiger partial charge in [-0.15, -0.1) is 11.3 Å². The molecule has 0 saturated carbocycles. The molecule has 1 aromatic heterocycles. The average Bonchev–Trinajstić information content (AvgIpc) is 3.02. The molecule has 1 saturated heterocycles. The molecule has 2 aromatic rings. The summed E-state index contributed by atoms with van der Waals surface area (Å²) in [7, 11) is 0. The molecule has 2 amide bonds. The largest absolute Gasteiger partial charge is 0.444 e. The quantitative estimate of drug-likeness (QED) is 0.645. The maximum absolute atomic E-state index is 14.8. The molecular formula is C25H28FN5O4S. The molecule has 36 heavy (non-hydrogen) atoms. The van der Waals surface area contributed by atoms with E-state index in [9.17, 15) is 19.2 Å². The van der Waals surface area contributed by atoms with Gasteiger partial charge in [-0.05, 0) is 45.7 Å². The van der Waals surface area contributed by atoms with Crippen LogP contribution < -0.4 is 5.32 Å². The summed E-state index contributed by atoms with van der Waals surface area (Å²) in [5.74, 6) is -1.11. The number of carbonyl (C=O) groups is 2. The molecule has 0 spiro atoms. The zero-order chi connectivity index (χ0) is 26.5. The Morgan fingerprint density at radius 2 is 2.14 bits per heavy atom. The number of benzene rings is 1. The normalized spacial score (nSPS) is 16.9. The minimum atomic E-state index is -1.01. The summed E-state index contributed by atoms with van der Waals surface area (Å²) >= 11 is 1.18. The third kappa shape index (κ3) is 7.00. The first-order valence-corrected chi connectivity index (χ1v) is 12.3. The van der Waals surface area contributed by atoms with Gasteiger partial charge in [-0.3, -0.25) is 4.79 Å². The molecule has 1 fully saturated rings. The smallest absolute Gasteiger partial charge is 0.410 e. The number of ether oxygens (including phenoxy) is 2. The highest BCUT2D eigenvalue weighted by atomic mass is 32.1. The number of thiazole rings is 1. The number of nitrogens with zero attached hydrogens (tertiary/aromatic N) is 4. The van der Waals surface area contributed by atoms with Crippen molar-refractivity contribution in [3.8, 4) is 22.7 Å². The second-order valence-corrected chi connectivity index (χ2v) is 10.4. The van der Waals surface area contributed by atoms with E-state index in [4.69, 9.17) is 14.7 Å². The van der Waals surface area contributed by atoms with Gasteiger partial charge >= 0.3 is 6.09 Å². The summed E-state index contributed by atoms with van der Waals surface area (Å²) in [5, 5.41) is 21.8. The number of hydrogen-bond donors (Lipinski definition) is 1. The lowest BCUT2D eigenvalue weighted by Gasteiger charge is -2.27. The Hall–Kier alpha value is -3.54. The van der Waals surface area contributed by atoms with Crippen LogP contribution in [0.4, 0.5) is 9.18 Å². The summed E-state index contributed by atoms with van der Waals surface area (Å²) < 4.78 is 25.9. The summed E-state index contributed by atoms with van der Waals surface area (Å²) in [5.41, 5.74) is 0.679. The Bertz CT molecular complexity index is 1210. The number of nitrogens with one attached hydrogen (secondary N) is 1. The Balaban J connectivity index is 1.66. The maximum Gasteiger partial charge on any atom is 0.410 e. The molecule has 0 aliphatic carbocycles. The Kier molecular flexibility index (Phi) is 8.62. The first-order valence-electron chi connectivity index (χ1n) is 11.5. The van der Waals surface area contributed by atoms with Crippen molar-refractivity contribution >= 4 is 23.3 Å². The number of carbonyl (C=O) groups excluding carboxylic acids is 2. The standard InChI is InChI=1S/C25H28FN5O4S/c1-15-21(13-28)36-23(29-15)17-7-6-16(19(26)11-17)10-18(12-27)30-22(32)20-14-31(8-5-9-34-20)24(33)35-25(2,3)4/h6-7,11,18,20H,5,8-10,14H2,1-4H3,(H,30,32)/t18?,20-/m0/s1. The maximum atomic E-state index is 14.8. The second-order valence-electron chi connectivity index (χ2n) is 9.39. The zero-order valence-corrected chi connectivity index (χ0v) is 21.4. The highest BCUT2D eigenvalue weighted by molar-refractivity contribution is 7.15. The molecule has 1 aliphatic rings. The SMILES string of the molecule is Cc1nc(-c2ccc(CC(C#N)NC(=O)[C@@H]3CN(C(=O)OC(C)(C)C)CCCO3)c(F)c2)sc1C#N. The fourth-order valence-corrected chi connectivity index (χ4v) is 4.42. The minimum Gasteiger partial charge on any atom is -0.444 e. The van der Waals surface area contributed by atoms with Gasteiger partial charge in [-0.25, -0.2) is 14.2 Å². The third-order valence-corrected chi connectivity index (χ3v) is 6.43. The predicted molar refractivity (Wildman–Crippen MR) is 130 cm³/mol. The molecule has 3 rings (SSSR count). The molecule has 1 aliphatic heterocycles. The van der Waals surface area contributed by atoms with Crippen LogP contribution >= 0.6 is 11.3 Å². The van der Waals surface area contributed by atoms with Crippen molar-refractivity contribution < 1.29 is 23.5 Å². The molecule has 9 nitrogen and oxygen atoms in total. The van der Waals surface area contributed by atoms with Gasteiger partial charge in [0, 0.05) is 25.1 Å². The number of amides is 2. The lowest BCUT2D eigenvalue weighted by Crippen LogP contribution is -2.48. The molecule has 2 atom stereocenters. The second kappa shape index (κ2) is 11.5. The van der Waals surface area contributed by atoms with E-state index in [0.717, 1.165) is 0 Å². The molecule has 0 radical (unpaired) electrons. The first kappa shape index (κ1) is 27.1. The van der Waals surface area contributed by atoms with Crippen LogP contribution in [-0.2, 0) is 20.7 Å². The van der Waals surface area contributed by atoms with Gasteiger partial charge in [0.25, 0.3) is 5.91 Å². The molecule has 2 heterocycles. The minimum absolute atomic E-state index is 0.0140. The van der Waals surface area contributed by atoms with Gasteiger partial charge in [0.05, 0.1) is 18.3 Å². The zero-order valence-electron chi connectivity index (χ0n) is 20.6. The lowest BCUT2D eigenvalue weighted by atomic mass is 10.0. The van der Waals surface area contributed by atoms with Crippen LogP contribution in [0.2, 0.25) is 0 Å². The van der Waals surface area contributed by atoms with E-state index in [-0.39, 0.29) is 25.1 Å². The van der Waals surface area contributed by atoms with Crippen LogP contribution in [0.3, 0.4) is 0 Å². The van der Waals surface area contributed by atoms with Crippen LogP contribution in [0.5, 0.6) is 0 Å². The monoisotopic (exact) mass is 513 g/mol. The van der Waals surface area contributed by atoms with Gasteiger partial charge < -0.3 is 19.7 Å². The van der Waals surface area contributed by atoms with Crippen molar-refractivity contribution in [1.29, 1.82) is 10.5 Å². The van der Waals surface area contributed by atoms with Crippen molar-refractivity contribution in [2.24, 2.45) is 0 Å². The van der Waals surface area contributed by atoms with E-state index in [1.807, 2.05) is 6.07 Å². The summed E-state index contributed by atoms with van der Waals surface area (Å²) in [6, 6.07) is 7.55. The number of aromatic nitrogens is 1. The molecular weight excluding hydrogens is 485 g/mol. The highest BCUT2D eigenvalue weighted by Gasteiger charge is 2.31.